The number of piperidine rings is 1. The molecule has 1 atom stereocenters. The smallest absolute Gasteiger partial charge is 0.190 e. The highest BCUT2D eigenvalue weighted by molar-refractivity contribution is 14.0. The molecule has 2 N–H and O–H groups in total. The van der Waals surface area contributed by atoms with Gasteiger partial charge in [-0.1, -0.05) is 6.92 Å². The van der Waals surface area contributed by atoms with Crippen LogP contribution in [-0.4, -0.2) is 77.1 Å². The first-order valence-electron chi connectivity index (χ1n) is 10.1. The number of ether oxygens (including phenoxy) is 2. The van der Waals surface area contributed by atoms with Crippen molar-refractivity contribution in [2.24, 2.45) is 16.8 Å². The van der Waals surface area contributed by atoms with Gasteiger partial charge in [-0.25, -0.2) is 0 Å². The third-order valence-corrected chi connectivity index (χ3v) is 5.18. The van der Waals surface area contributed by atoms with Crippen molar-refractivity contribution < 1.29 is 9.47 Å². The van der Waals surface area contributed by atoms with Gasteiger partial charge in [0, 0.05) is 39.3 Å². The number of aliphatic imine (C=N–C) groups is 1. The van der Waals surface area contributed by atoms with E-state index in [4.69, 9.17) is 9.47 Å². The zero-order chi connectivity index (χ0) is 17.7. The quantitative estimate of drug-likeness (QED) is 0.217. The van der Waals surface area contributed by atoms with Gasteiger partial charge < -0.3 is 25.0 Å². The molecule has 2 fully saturated rings. The number of likely N-dealkylation sites (tertiary alicyclic amines) is 1. The second-order valence-corrected chi connectivity index (χ2v) is 7.46. The average Bonchev–Trinajstić information content (AvgIpc) is 3.14. The van der Waals surface area contributed by atoms with E-state index in [0.717, 1.165) is 64.2 Å². The van der Waals surface area contributed by atoms with Crippen LogP contribution in [0.3, 0.4) is 0 Å². The molecule has 2 rings (SSSR count). The van der Waals surface area contributed by atoms with Gasteiger partial charge in [0.25, 0.3) is 0 Å². The molecule has 6 nitrogen and oxygen atoms in total. The summed E-state index contributed by atoms with van der Waals surface area (Å²) >= 11 is 0. The summed E-state index contributed by atoms with van der Waals surface area (Å²) in [6.45, 7) is 11.4. The Hall–Kier alpha value is -0.120. The van der Waals surface area contributed by atoms with E-state index in [1.165, 1.54) is 38.9 Å². The fourth-order valence-corrected chi connectivity index (χ4v) is 3.36. The Balaban J connectivity index is 0.00000338. The molecule has 0 radical (unpaired) electrons. The predicted molar refractivity (Wildman–Crippen MR) is 119 cm³/mol. The Morgan fingerprint density at radius 2 is 1.88 bits per heavy atom. The molecule has 26 heavy (non-hydrogen) atoms. The van der Waals surface area contributed by atoms with E-state index in [0.29, 0.717) is 5.92 Å². The number of guanidine groups is 1. The first-order valence-corrected chi connectivity index (χ1v) is 10.1. The van der Waals surface area contributed by atoms with E-state index >= 15 is 0 Å². The van der Waals surface area contributed by atoms with Crippen molar-refractivity contribution in [1.29, 1.82) is 0 Å². The molecule has 154 valence electrons. The summed E-state index contributed by atoms with van der Waals surface area (Å²) in [6, 6.07) is 0. The highest BCUT2D eigenvalue weighted by atomic mass is 127. The molecule has 7 heteroatoms. The SMILES string of the molecule is CN=C(NCCCOCC1CCOC1)NCCCN1CCC(C)CC1.I. The Morgan fingerprint density at radius 1 is 1.15 bits per heavy atom. The largest absolute Gasteiger partial charge is 0.381 e. The fraction of sp³-hybridized carbons (Fsp3) is 0.947. The molecule has 2 aliphatic rings. The van der Waals surface area contributed by atoms with E-state index < -0.39 is 0 Å². The molecule has 0 spiro atoms. The van der Waals surface area contributed by atoms with Gasteiger partial charge in [-0.3, -0.25) is 4.99 Å². The standard InChI is InChI=1S/C19H38N4O2.HI/c1-17-5-11-23(12-6-17)10-3-8-21-19(20-2)22-9-4-13-24-15-18-7-14-25-16-18;/h17-18H,3-16H2,1-2H3,(H2,20,21,22);1H. The minimum absolute atomic E-state index is 0. The summed E-state index contributed by atoms with van der Waals surface area (Å²) in [4.78, 5) is 6.87. The lowest BCUT2D eigenvalue weighted by Gasteiger charge is -2.30. The Morgan fingerprint density at radius 3 is 2.54 bits per heavy atom. The van der Waals surface area contributed by atoms with E-state index in [2.05, 4.69) is 27.4 Å². The summed E-state index contributed by atoms with van der Waals surface area (Å²) in [5.41, 5.74) is 0. The van der Waals surface area contributed by atoms with Gasteiger partial charge in [-0.2, -0.15) is 0 Å². The average molecular weight is 482 g/mol. The molecular weight excluding hydrogens is 443 g/mol. The maximum atomic E-state index is 5.72. The zero-order valence-corrected chi connectivity index (χ0v) is 19.0. The molecule has 2 heterocycles. The van der Waals surface area contributed by atoms with Crippen LogP contribution in [-0.2, 0) is 9.47 Å². The second-order valence-electron chi connectivity index (χ2n) is 7.46. The highest BCUT2D eigenvalue weighted by Gasteiger charge is 2.15. The maximum Gasteiger partial charge on any atom is 0.190 e. The van der Waals surface area contributed by atoms with Gasteiger partial charge in [0.2, 0.25) is 0 Å². The minimum Gasteiger partial charge on any atom is -0.381 e. The van der Waals surface area contributed by atoms with Crippen molar-refractivity contribution in [2.75, 3.05) is 66.2 Å². The second kappa shape index (κ2) is 14.9. The normalized spacial score (nSPS) is 22.2. The number of nitrogens with zero attached hydrogens (tertiary/aromatic N) is 2. The lowest BCUT2D eigenvalue weighted by Crippen LogP contribution is -2.40. The number of halogens is 1. The lowest BCUT2D eigenvalue weighted by atomic mass is 9.99. The van der Waals surface area contributed by atoms with Crippen LogP contribution in [0.2, 0.25) is 0 Å². The number of hydrogen-bond acceptors (Lipinski definition) is 4. The van der Waals surface area contributed by atoms with Gasteiger partial charge in [0.05, 0.1) is 13.2 Å². The molecule has 0 amide bonds. The van der Waals surface area contributed by atoms with Crippen LogP contribution in [0.5, 0.6) is 0 Å². The molecular formula is C19H39IN4O2. The molecule has 0 aromatic carbocycles. The van der Waals surface area contributed by atoms with Gasteiger partial charge >= 0.3 is 0 Å². The van der Waals surface area contributed by atoms with Crippen molar-refractivity contribution in [2.45, 2.75) is 39.0 Å². The zero-order valence-electron chi connectivity index (χ0n) is 16.7. The number of hydrogen-bond donors (Lipinski definition) is 2. The number of nitrogens with one attached hydrogen (secondary N) is 2. The van der Waals surface area contributed by atoms with Crippen LogP contribution in [0.25, 0.3) is 0 Å². The summed E-state index contributed by atoms with van der Waals surface area (Å²) in [7, 11) is 1.83. The first kappa shape index (κ1) is 23.9. The molecule has 0 bridgehead atoms. The van der Waals surface area contributed by atoms with Crippen LogP contribution in [0.15, 0.2) is 4.99 Å². The van der Waals surface area contributed by atoms with E-state index in [-0.39, 0.29) is 24.0 Å². The first-order chi connectivity index (χ1) is 12.3. The Bertz CT molecular complexity index is 371. The third kappa shape index (κ3) is 10.3. The van der Waals surface area contributed by atoms with E-state index in [1.807, 2.05) is 7.05 Å². The van der Waals surface area contributed by atoms with Gasteiger partial charge in [-0.15, -0.1) is 24.0 Å². The summed E-state index contributed by atoms with van der Waals surface area (Å²) in [5.74, 6) is 2.41. The minimum atomic E-state index is 0. The maximum absolute atomic E-state index is 5.72. The topological polar surface area (TPSA) is 58.1 Å². The summed E-state index contributed by atoms with van der Waals surface area (Å²) < 4.78 is 11.1. The number of rotatable bonds is 10. The van der Waals surface area contributed by atoms with Crippen molar-refractivity contribution in [3.8, 4) is 0 Å². The Labute approximate surface area is 176 Å². The van der Waals surface area contributed by atoms with Crippen molar-refractivity contribution in [3.63, 3.8) is 0 Å². The van der Waals surface area contributed by atoms with Gasteiger partial charge in [0.15, 0.2) is 5.96 Å². The molecule has 0 aromatic heterocycles. The van der Waals surface area contributed by atoms with Crippen LogP contribution in [0.4, 0.5) is 0 Å². The molecule has 0 aromatic rings. The fourth-order valence-electron chi connectivity index (χ4n) is 3.36. The highest BCUT2D eigenvalue weighted by Crippen LogP contribution is 2.15. The van der Waals surface area contributed by atoms with E-state index in [9.17, 15) is 0 Å². The monoisotopic (exact) mass is 482 g/mol. The van der Waals surface area contributed by atoms with Crippen LogP contribution in [0, 0.1) is 11.8 Å². The lowest BCUT2D eigenvalue weighted by molar-refractivity contribution is 0.0888. The van der Waals surface area contributed by atoms with Crippen molar-refractivity contribution in [1.82, 2.24) is 15.5 Å². The van der Waals surface area contributed by atoms with E-state index in [1.54, 1.807) is 0 Å². The van der Waals surface area contributed by atoms with Crippen LogP contribution >= 0.6 is 24.0 Å². The molecule has 0 aliphatic carbocycles. The molecule has 0 saturated carbocycles. The van der Waals surface area contributed by atoms with Crippen LogP contribution < -0.4 is 10.6 Å². The third-order valence-electron chi connectivity index (χ3n) is 5.18. The van der Waals surface area contributed by atoms with Gasteiger partial charge in [-0.05, 0) is 57.7 Å². The summed E-state index contributed by atoms with van der Waals surface area (Å²) in [6.07, 6.45) is 6.02. The van der Waals surface area contributed by atoms with Crippen molar-refractivity contribution in [3.05, 3.63) is 0 Å². The molecule has 2 aliphatic heterocycles. The molecule has 1 unspecified atom stereocenters. The Kier molecular flexibility index (Phi) is 13.7. The summed E-state index contributed by atoms with van der Waals surface area (Å²) in [5, 5.41) is 6.77. The predicted octanol–water partition coefficient (Wildman–Crippen LogP) is 2.33. The van der Waals surface area contributed by atoms with Crippen molar-refractivity contribution >= 4 is 29.9 Å². The van der Waals surface area contributed by atoms with Gasteiger partial charge in [0.1, 0.15) is 0 Å². The van der Waals surface area contributed by atoms with Crippen LogP contribution in [0.1, 0.15) is 39.0 Å². The molecule has 2 saturated heterocycles.